The van der Waals surface area contributed by atoms with E-state index in [1.54, 1.807) is 0 Å². The highest BCUT2D eigenvalue weighted by Gasteiger charge is 2.06. The minimum atomic E-state index is 0.667. The molecule has 0 aliphatic carbocycles. The minimum absolute atomic E-state index is 0.667. The predicted octanol–water partition coefficient (Wildman–Crippen LogP) is 3.65. The molecule has 0 aliphatic heterocycles. The lowest BCUT2D eigenvalue weighted by Crippen LogP contribution is -2.14. The third kappa shape index (κ3) is 5.03. The van der Waals surface area contributed by atoms with E-state index >= 15 is 0 Å². The summed E-state index contributed by atoms with van der Waals surface area (Å²) in [5.41, 5.74) is 2.79. The number of hydrogen-bond donors (Lipinski definition) is 0. The van der Waals surface area contributed by atoms with Crippen molar-refractivity contribution in [3.05, 3.63) is 30.0 Å². The zero-order chi connectivity index (χ0) is 15.0. The van der Waals surface area contributed by atoms with Crippen LogP contribution in [-0.2, 0) is 0 Å². The van der Waals surface area contributed by atoms with Crippen LogP contribution in [0.2, 0.25) is 0 Å². The maximum absolute atomic E-state index is 5.70. The van der Waals surface area contributed by atoms with Crippen LogP contribution in [0.3, 0.4) is 0 Å². The number of rotatable bonds is 8. The highest BCUT2D eigenvalue weighted by molar-refractivity contribution is 5.62. The Morgan fingerprint density at radius 3 is 2.85 bits per heavy atom. The Morgan fingerprint density at radius 1 is 1.45 bits per heavy atom. The molecular weight excluding hydrogens is 250 g/mol. The summed E-state index contributed by atoms with van der Waals surface area (Å²) < 4.78 is 5.70. The molecule has 1 heterocycles. The molecule has 0 saturated heterocycles. The average molecular weight is 275 g/mol. The predicted molar refractivity (Wildman–Crippen MR) is 85.1 cm³/mol. The number of nitrogens with zero attached hydrogens (tertiary/aromatic N) is 3. The number of aryl methyl sites for hydroxylation is 2. The van der Waals surface area contributed by atoms with Gasteiger partial charge < -0.3 is 9.64 Å². The van der Waals surface area contributed by atoms with Crippen molar-refractivity contribution in [1.29, 1.82) is 0 Å². The first-order chi connectivity index (χ1) is 9.58. The van der Waals surface area contributed by atoms with Crippen LogP contribution in [0.25, 0.3) is 0 Å². The molecule has 110 valence electrons. The summed E-state index contributed by atoms with van der Waals surface area (Å²) >= 11 is 0. The van der Waals surface area contributed by atoms with Gasteiger partial charge in [0.15, 0.2) is 0 Å². The number of unbranched alkanes of at least 4 members (excludes halogenated alkanes) is 1. The number of allylic oxidation sites excluding steroid dienone is 1. The fourth-order valence-electron chi connectivity index (χ4n) is 1.58. The van der Waals surface area contributed by atoms with Gasteiger partial charge in [-0.15, -0.1) is 6.58 Å². The van der Waals surface area contributed by atoms with Gasteiger partial charge in [0.2, 0.25) is 5.88 Å². The normalized spacial score (nSPS) is 10.8. The molecule has 4 heteroatoms. The van der Waals surface area contributed by atoms with Crippen LogP contribution in [0.1, 0.15) is 31.0 Å². The molecule has 20 heavy (non-hydrogen) atoms. The van der Waals surface area contributed by atoms with E-state index in [0.29, 0.717) is 12.5 Å². The molecule has 0 bridgehead atoms. The molecule has 0 unspecified atom stereocenters. The second-order valence-corrected chi connectivity index (χ2v) is 4.81. The Labute approximate surface area is 122 Å². The topological polar surface area (TPSA) is 37.7 Å². The van der Waals surface area contributed by atoms with Crippen LogP contribution in [0, 0.1) is 13.8 Å². The van der Waals surface area contributed by atoms with E-state index in [1.165, 1.54) is 0 Å². The van der Waals surface area contributed by atoms with Crippen molar-refractivity contribution in [1.82, 2.24) is 9.88 Å². The molecule has 0 spiro atoms. The molecule has 1 aromatic rings. The van der Waals surface area contributed by atoms with E-state index in [1.807, 2.05) is 44.3 Å². The van der Waals surface area contributed by atoms with Gasteiger partial charge in [-0.1, -0.05) is 6.08 Å². The van der Waals surface area contributed by atoms with Gasteiger partial charge in [-0.3, -0.25) is 0 Å². The van der Waals surface area contributed by atoms with Crippen molar-refractivity contribution >= 4 is 12.0 Å². The molecule has 4 nitrogen and oxygen atoms in total. The summed E-state index contributed by atoms with van der Waals surface area (Å²) in [5.74, 6) is 0.703. The van der Waals surface area contributed by atoms with Crippen molar-refractivity contribution in [3.63, 3.8) is 0 Å². The second-order valence-electron chi connectivity index (χ2n) is 4.81. The Kier molecular flexibility index (Phi) is 6.77. The number of aromatic nitrogens is 1. The minimum Gasteiger partial charge on any atom is -0.477 e. The highest BCUT2D eigenvalue weighted by atomic mass is 16.5. The molecule has 0 fully saturated rings. The maximum atomic E-state index is 5.70. The molecule has 0 radical (unpaired) electrons. The van der Waals surface area contributed by atoms with E-state index in [0.717, 1.165) is 36.3 Å². The number of aliphatic imine (C=N–C) groups is 1. The fourth-order valence-corrected chi connectivity index (χ4v) is 1.58. The van der Waals surface area contributed by atoms with Crippen molar-refractivity contribution in [2.75, 3.05) is 20.2 Å². The summed E-state index contributed by atoms with van der Waals surface area (Å²) in [4.78, 5) is 11.0. The van der Waals surface area contributed by atoms with Crippen LogP contribution < -0.4 is 4.74 Å². The van der Waals surface area contributed by atoms with Gasteiger partial charge in [0.1, 0.15) is 0 Å². The molecular formula is C16H25N3O. The van der Waals surface area contributed by atoms with Gasteiger partial charge in [-0.25, -0.2) is 9.98 Å². The van der Waals surface area contributed by atoms with Gasteiger partial charge in [-0.2, -0.15) is 0 Å². The van der Waals surface area contributed by atoms with Gasteiger partial charge >= 0.3 is 0 Å². The van der Waals surface area contributed by atoms with Crippen molar-refractivity contribution in [2.45, 2.75) is 33.6 Å². The zero-order valence-corrected chi connectivity index (χ0v) is 13.0. The number of hydrogen-bond acceptors (Lipinski definition) is 3. The van der Waals surface area contributed by atoms with Crippen LogP contribution >= 0.6 is 0 Å². The quantitative estimate of drug-likeness (QED) is 0.314. The summed E-state index contributed by atoms with van der Waals surface area (Å²) in [6, 6.07) is 2.02. The lowest BCUT2D eigenvalue weighted by molar-refractivity contribution is 0.297. The Hall–Kier alpha value is -1.84. The molecule has 1 rings (SSSR count). The fraction of sp³-hybridized carbons (Fsp3) is 0.500. The summed E-state index contributed by atoms with van der Waals surface area (Å²) in [6.07, 6.45) is 5.65. The Morgan fingerprint density at radius 2 is 2.20 bits per heavy atom. The number of pyridine rings is 1. The first-order valence-electron chi connectivity index (χ1n) is 7.04. The molecule has 1 aromatic heterocycles. The molecule has 0 saturated carbocycles. The molecule has 0 amide bonds. The van der Waals surface area contributed by atoms with E-state index in [2.05, 4.69) is 23.5 Å². The first-order valence-corrected chi connectivity index (χ1v) is 7.04. The van der Waals surface area contributed by atoms with Crippen LogP contribution in [0.15, 0.2) is 23.7 Å². The lowest BCUT2D eigenvalue weighted by atomic mass is 10.2. The zero-order valence-electron chi connectivity index (χ0n) is 13.0. The Bertz CT molecular complexity index is 469. The number of ether oxygens (including phenoxy) is 1. The SMILES string of the molecule is C=CCCCOc1nc(C)c(N=CN(C)CC)cc1C. The monoisotopic (exact) mass is 275 g/mol. The van der Waals surface area contributed by atoms with Crippen LogP contribution in [0.5, 0.6) is 5.88 Å². The third-order valence-electron chi connectivity index (χ3n) is 3.01. The van der Waals surface area contributed by atoms with Gasteiger partial charge in [0, 0.05) is 19.2 Å². The molecule has 0 aliphatic rings. The first kappa shape index (κ1) is 16.2. The van der Waals surface area contributed by atoms with Crippen molar-refractivity contribution in [2.24, 2.45) is 4.99 Å². The van der Waals surface area contributed by atoms with Crippen molar-refractivity contribution < 1.29 is 4.74 Å². The largest absolute Gasteiger partial charge is 0.477 e. The summed E-state index contributed by atoms with van der Waals surface area (Å²) in [7, 11) is 2.00. The van der Waals surface area contributed by atoms with E-state index in [9.17, 15) is 0 Å². The molecule has 0 N–H and O–H groups in total. The maximum Gasteiger partial charge on any atom is 0.216 e. The van der Waals surface area contributed by atoms with E-state index in [-0.39, 0.29) is 0 Å². The van der Waals surface area contributed by atoms with E-state index < -0.39 is 0 Å². The lowest BCUT2D eigenvalue weighted by Gasteiger charge is -2.11. The smallest absolute Gasteiger partial charge is 0.216 e. The van der Waals surface area contributed by atoms with Gasteiger partial charge in [0.05, 0.1) is 24.3 Å². The van der Waals surface area contributed by atoms with Crippen molar-refractivity contribution in [3.8, 4) is 5.88 Å². The molecule has 0 atom stereocenters. The third-order valence-corrected chi connectivity index (χ3v) is 3.01. The van der Waals surface area contributed by atoms with Gasteiger partial charge in [-0.05, 0) is 39.7 Å². The van der Waals surface area contributed by atoms with Crippen LogP contribution in [0.4, 0.5) is 5.69 Å². The summed E-state index contributed by atoms with van der Waals surface area (Å²) in [6.45, 7) is 11.3. The Balaban J connectivity index is 2.75. The summed E-state index contributed by atoms with van der Waals surface area (Å²) in [5, 5.41) is 0. The standard InChI is InChI=1S/C16H25N3O/c1-6-8-9-10-20-16-13(3)11-15(14(4)18-16)17-12-19(5)7-2/h6,11-12H,1,7-10H2,2-5H3. The molecule has 0 aromatic carbocycles. The van der Waals surface area contributed by atoms with E-state index in [4.69, 9.17) is 4.74 Å². The average Bonchev–Trinajstić information content (AvgIpc) is 2.44. The van der Waals surface area contributed by atoms with Crippen LogP contribution in [-0.4, -0.2) is 36.4 Å². The highest BCUT2D eigenvalue weighted by Crippen LogP contribution is 2.24. The van der Waals surface area contributed by atoms with Gasteiger partial charge in [0.25, 0.3) is 0 Å². The second kappa shape index (κ2) is 8.35.